The number of nitrogens with zero attached hydrogens (tertiary/aromatic N) is 1. The molecule has 5 nitrogen and oxygen atoms in total. The molecule has 1 atom stereocenters. The summed E-state index contributed by atoms with van der Waals surface area (Å²) < 4.78 is 5.40. The predicted molar refractivity (Wildman–Crippen MR) is 128 cm³/mol. The summed E-state index contributed by atoms with van der Waals surface area (Å²) in [5, 5.41) is 4.92. The van der Waals surface area contributed by atoms with Crippen molar-refractivity contribution in [2.45, 2.75) is 19.3 Å². The fraction of sp³-hybridized carbons (Fsp3) is 0.308. The van der Waals surface area contributed by atoms with E-state index in [4.69, 9.17) is 4.74 Å². The standard InChI is InChI=1S/C26H28N2O3S/c1-27-25(30)26(17-20-9-3-5-10-21(20)23-12-7-15-32-23)13-14-28(18-26)24(29)16-19-8-4-6-11-22(19)31-2/h3-12,15H,13-14,16-18H2,1-2H3,(H,27,30)/t26-/m0/s1. The van der Waals surface area contributed by atoms with Gasteiger partial charge in [0.2, 0.25) is 11.8 Å². The Bertz CT molecular complexity index is 1100. The fourth-order valence-electron chi connectivity index (χ4n) is 4.60. The van der Waals surface area contributed by atoms with Gasteiger partial charge >= 0.3 is 0 Å². The van der Waals surface area contributed by atoms with Gasteiger partial charge in [0.05, 0.1) is 18.9 Å². The summed E-state index contributed by atoms with van der Waals surface area (Å²) in [7, 11) is 3.29. The van der Waals surface area contributed by atoms with Gasteiger partial charge < -0.3 is 15.0 Å². The molecule has 166 valence electrons. The average Bonchev–Trinajstić information content (AvgIpc) is 3.50. The third-order valence-electron chi connectivity index (χ3n) is 6.28. The molecule has 1 aliphatic heterocycles. The second-order valence-corrected chi connectivity index (χ2v) is 9.17. The average molecular weight is 449 g/mol. The van der Waals surface area contributed by atoms with Crippen molar-refractivity contribution in [2.75, 3.05) is 27.2 Å². The first-order valence-corrected chi connectivity index (χ1v) is 11.7. The van der Waals surface area contributed by atoms with Crippen LogP contribution in [0.5, 0.6) is 5.75 Å². The predicted octanol–water partition coefficient (Wildman–Crippen LogP) is 4.17. The molecule has 1 N–H and O–H groups in total. The van der Waals surface area contributed by atoms with Gasteiger partial charge in [-0.25, -0.2) is 0 Å². The second-order valence-electron chi connectivity index (χ2n) is 8.22. The molecule has 0 radical (unpaired) electrons. The lowest BCUT2D eigenvalue weighted by Gasteiger charge is -2.28. The Morgan fingerprint density at radius 3 is 2.53 bits per heavy atom. The van der Waals surface area contributed by atoms with Gasteiger partial charge in [-0.05, 0) is 41.5 Å². The van der Waals surface area contributed by atoms with Crippen LogP contribution in [0, 0.1) is 5.41 Å². The number of amides is 2. The number of benzene rings is 2. The molecule has 0 unspecified atom stereocenters. The first-order valence-electron chi connectivity index (χ1n) is 10.8. The zero-order valence-corrected chi connectivity index (χ0v) is 19.3. The molecule has 4 rings (SSSR count). The van der Waals surface area contributed by atoms with E-state index in [1.54, 1.807) is 25.5 Å². The van der Waals surface area contributed by atoms with Gasteiger partial charge in [-0.2, -0.15) is 0 Å². The van der Waals surface area contributed by atoms with Crippen LogP contribution >= 0.6 is 11.3 Å². The lowest BCUT2D eigenvalue weighted by atomic mass is 9.78. The van der Waals surface area contributed by atoms with E-state index in [0.717, 1.165) is 16.7 Å². The monoisotopic (exact) mass is 448 g/mol. The van der Waals surface area contributed by atoms with E-state index in [2.05, 4.69) is 28.9 Å². The maximum atomic E-state index is 13.1. The molecule has 1 saturated heterocycles. The minimum atomic E-state index is -0.640. The van der Waals surface area contributed by atoms with Gasteiger partial charge in [0.25, 0.3) is 0 Å². The van der Waals surface area contributed by atoms with Gasteiger partial charge in [-0.1, -0.05) is 48.5 Å². The topological polar surface area (TPSA) is 58.6 Å². The van der Waals surface area contributed by atoms with Gasteiger partial charge in [0.15, 0.2) is 0 Å². The summed E-state index contributed by atoms with van der Waals surface area (Å²) in [5.74, 6) is 0.723. The lowest BCUT2D eigenvalue weighted by Crippen LogP contribution is -2.44. The molecule has 0 saturated carbocycles. The Morgan fingerprint density at radius 1 is 1.06 bits per heavy atom. The van der Waals surface area contributed by atoms with Crippen LogP contribution in [-0.2, 0) is 22.4 Å². The molecule has 2 aromatic carbocycles. The molecular formula is C26H28N2O3S. The summed E-state index contributed by atoms with van der Waals surface area (Å²) in [4.78, 5) is 29.2. The van der Waals surface area contributed by atoms with E-state index in [0.29, 0.717) is 31.7 Å². The summed E-state index contributed by atoms with van der Waals surface area (Å²) in [6.45, 7) is 0.988. The van der Waals surface area contributed by atoms with Gasteiger partial charge in [-0.3, -0.25) is 9.59 Å². The zero-order chi connectivity index (χ0) is 22.6. The molecule has 6 heteroatoms. The largest absolute Gasteiger partial charge is 0.496 e. The van der Waals surface area contributed by atoms with Crippen molar-refractivity contribution in [1.82, 2.24) is 10.2 Å². The molecule has 1 fully saturated rings. The van der Waals surface area contributed by atoms with E-state index in [1.165, 1.54) is 4.88 Å². The Labute approximate surface area is 193 Å². The van der Waals surface area contributed by atoms with E-state index in [-0.39, 0.29) is 18.2 Å². The highest BCUT2D eigenvalue weighted by molar-refractivity contribution is 7.13. The van der Waals surface area contributed by atoms with Crippen LogP contribution in [0.15, 0.2) is 66.0 Å². The summed E-state index contributed by atoms with van der Waals surface area (Å²) in [6.07, 6.45) is 1.50. The minimum Gasteiger partial charge on any atom is -0.496 e. The molecule has 0 spiro atoms. The lowest BCUT2D eigenvalue weighted by molar-refractivity contribution is -0.132. The Kier molecular flexibility index (Phi) is 6.61. The zero-order valence-electron chi connectivity index (χ0n) is 18.5. The number of para-hydroxylation sites is 1. The summed E-state index contributed by atoms with van der Waals surface area (Å²) in [6, 6.07) is 20.0. The van der Waals surface area contributed by atoms with E-state index < -0.39 is 5.41 Å². The number of hydrogen-bond acceptors (Lipinski definition) is 4. The third-order valence-corrected chi connectivity index (χ3v) is 7.19. The van der Waals surface area contributed by atoms with Crippen molar-refractivity contribution in [2.24, 2.45) is 5.41 Å². The quantitative estimate of drug-likeness (QED) is 0.590. The highest BCUT2D eigenvalue weighted by Gasteiger charge is 2.45. The van der Waals surface area contributed by atoms with Crippen LogP contribution in [0.4, 0.5) is 0 Å². The number of carbonyl (C=O) groups is 2. The van der Waals surface area contributed by atoms with Crippen LogP contribution in [0.25, 0.3) is 10.4 Å². The smallest absolute Gasteiger partial charge is 0.228 e. The normalized spacial score (nSPS) is 17.9. The second kappa shape index (κ2) is 9.57. The Hall–Kier alpha value is -3.12. The fourth-order valence-corrected chi connectivity index (χ4v) is 5.38. The van der Waals surface area contributed by atoms with Crippen LogP contribution in [0.3, 0.4) is 0 Å². The number of likely N-dealkylation sites (tertiary alicyclic amines) is 1. The van der Waals surface area contributed by atoms with Crippen molar-refractivity contribution < 1.29 is 14.3 Å². The first kappa shape index (κ1) is 22.1. The van der Waals surface area contributed by atoms with Crippen LogP contribution in [0.1, 0.15) is 17.5 Å². The van der Waals surface area contributed by atoms with Crippen molar-refractivity contribution in [3.63, 3.8) is 0 Å². The molecule has 2 amide bonds. The Balaban J connectivity index is 1.57. The highest BCUT2D eigenvalue weighted by Crippen LogP contribution is 2.38. The van der Waals surface area contributed by atoms with Crippen LogP contribution in [0.2, 0.25) is 0 Å². The van der Waals surface area contributed by atoms with Gasteiger partial charge in [0, 0.05) is 30.6 Å². The Morgan fingerprint density at radius 2 is 1.81 bits per heavy atom. The molecule has 1 aliphatic rings. The molecule has 2 heterocycles. The van der Waals surface area contributed by atoms with Crippen molar-refractivity contribution >= 4 is 23.2 Å². The van der Waals surface area contributed by atoms with Gasteiger partial charge in [0.1, 0.15) is 5.75 Å². The first-order chi connectivity index (χ1) is 15.6. The molecule has 1 aromatic heterocycles. The molecular weight excluding hydrogens is 420 g/mol. The van der Waals surface area contributed by atoms with Gasteiger partial charge in [-0.15, -0.1) is 11.3 Å². The minimum absolute atomic E-state index is 0.00826. The SMILES string of the molecule is CNC(=O)[C@]1(Cc2ccccc2-c2cccs2)CCN(C(=O)Cc2ccccc2OC)C1. The molecule has 3 aromatic rings. The van der Waals surface area contributed by atoms with E-state index >= 15 is 0 Å². The van der Waals surface area contributed by atoms with Crippen molar-refractivity contribution in [3.05, 3.63) is 77.2 Å². The number of methoxy groups -OCH3 is 1. The maximum Gasteiger partial charge on any atom is 0.228 e. The molecule has 0 bridgehead atoms. The summed E-state index contributed by atoms with van der Waals surface area (Å²) in [5.41, 5.74) is 2.51. The number of nitrogens with one attached hydrogen (secondary N) is 1. The number of rotatable bonds is 7. The number of hydrogen-bond donors (Lipinski definition) is 1. The number of ether oxygens (including phenoxy) is 1. The highest BCUT2D eigenvalue weighted by atomic mass is 32.1. The van der Waals surface area contributed by atoms with Crippen molar-refractivity contribution in [3.8, 4) is 16.2 Å². The maximum absolute atomic E-state index is 13.1. The third kappa shape index (κ3) is 4.41. The van der Waals surface area contributed by atoms with Crippen LogP contribution in [-0.4, -0.2) is 44.0 Å². The van der Waals surface area contributed by atoms with Crippen molar-refractivity contribution in [1.29, 1.82) is 0 Å². The summed E-state index contributed by atoms with van der Waals surface area (Å²) >= 11 is 1.69. The van der Waals surface area contributed by atoms with E-state index in [9.17, 15) is 9.59 Å². The van der Waals surface area contributed by atoms with E-state index in [1.807, 2.05) is 47.4 Å². The molecule has 0 aliphatic carbocycles. The number of carbonyl (C=O) groups excluding carboxylic acids is 2. The van der Waals surface area contributed by atoms with Crippen LogP contribution < -0.4 is 10.1 Å². The molecule has 32 heavy (non-hydrogen) atoms. The number of thiophene rings is 1.